The van der Waals surface area contributed by atoms with Gasteiger partial charge in [-0.15, -0.1) is 10.9 Å². The number of amidine groups is 1. The first kappa shape index (κ1) is 29.1. The van der Waals surface area contributed by atoms with Crippen LogP contribution in [0.5, 0.6) is 5.75 Å². The smallest absolute Gasteiger partial charge is 0.349 e. The Hall–Kier alpha value is -2.90. The normalized spacial score (nSPS) is 13.4. The highest BCUT2D eigenvalue weighted by molar-refractivity contribution is 9.12. The van der Waals surface area contributed by atoms with Crippen molar-refractivity contribution in [3.05, 3.63) is 63.9 Å². The van der Waals surface area contributed by atoms with Crippen LogP contribution in [0.3, 0.4) is 0 Å². The molecule has 0 saturated carbocycles. The van der Waals surface area contributed by atoms with Gasteiger partial charge in [-0.3, -0.25) is 10.1 Å². The molecule has 0 heterocycles. The van der Waals surface area contributed by atoms with E-state index in [0.29, 0.717) is 29.6 Å². The van der Waals surface area contributed by atoms with Crippen molar-refractivity contribution < 1.29 is 18.7 Å². The van der Waals surface area contributed by atoms with E-state index in [9.17, 15) is 19.1 Å². The number of nitrogens with two attached hydrogens (primary N) is 1. The largest absolute Gasteiger partial charge is 0.492 e. The molecule has 2 amide bonds. The van der Waals surface area contributed by atoms with E-state index in [1.54, 1.807) is 0 Å². The summed E-state index contributed by atoms with van der Waals surface area (Å²) < 4.78 is 23.0. The summed E-state index contributed by atoms with van der Waals surface area (Å²) >= 11 is 8.75. The maximum Gasteiger partial charge on any atom is 0.349 e. The van der Waals surface area contributed by atoms with Crippen molar-refractivity contribution >= 4 is 54.3 Å². The van der Waals surface area contributed by atoms with Crippen LogP contribution >= 0.6 is 27.5 Å². The van der Waals surface area contributed by atoms with E-state index in [2.05, 4.69) is 49.1 Å². The first-order chi connectivity index (χ1) is 16.0. The third kappa shape index (κ3) is 10.4. The van der Waals surface area contributed by atoms with E-state index in [0.717, 1.165) is 0 Å². The van der Waals surface area contributed by atoms with Gasteiger partial charge in [-0.2, -0.15) is 0 Å². The quantitative estimate of drug-likeness (QED) is 0.0466. The summed E-state index contributed by atoms with van der Waals surface area (Å²) in [7, 11) is -3.23. The fourth-order valence-corrected chi connectivity index (χ4v) is 3.95. The number of nitrogens with zero attached hydrogens (tertiary/aromatic N) is 3. The molecule has 0 aliphatic rings. The third-order valence-electron chi connectivity index (χ3n) is 3.96. The topological polar surface area (TPSA) is 161 Å². The summed E-state index contributed by atoms with van der Waals surface area (Å²) in [6.07, 6.45) is 5.36. The van der Waals surface area contributed by atoms with Crippen LogP contribution < -0.4 is 21.1 Å². The van der Waals surface area contributed by atoms with Gasteiger partial charge in [-0.1, -0.05) is 12.7 Å². The molecule has 1 atom stereocenters. The van der Waals surface area contributed by atoms with Gasteiger partial charge in [-0.25, -0.2) is 14.0 Å². The molecule has 11 nitrogen and oxygen atoms in total. The Kier molecular flexibility index (Phi) is 12.3. The minimum absolute atomic E-state index is 0.0292. The van der Waals surface area contributed by atoms with Crippen LogP contribution in [0.2, 0.25) is 0 Å². The summed E-state index contributed by atoms with van der Waals surface area (Å²) in [5, 5.41) is 16.5. The Morgan fingerprint density at radius 2 is 2.12 bits per heavy atom. The molecule has 1 aromatic rings. The van der Waals surface area contributed by atoms with Crippen molar-refractivity contribution in [2.75, 3.05) is 26.0 Å². The fourth-order valence-electron chi connectivity index (χ4n) is 2.36. The second-order valence-electron chi connectivity index (χ2n) is 6.65. The van der Waals surface area contributed by atoms with Gasteiger partial charge >= 0.3 is 6.03 Å². The predicted octanol–water partition coefficient (Wildman–Crippen LogP) is 4.00. The summed E-state index contributed by atoms with van der Waals surface area (Å²) in [6.45, 7) is 8.22. The van der Waals surface area contributed by atoms with Crippen LogP contribution in [0, 0.1) is 10.1 Å². The number of hydrogen-bond acceptors (Lipinski definition) is 7. The van der Waals surface area contributed by atoms with Crippen LogP contribution in [0.4, 0.5) is 10.5 Å². The average Bonchev–Trinajstić information content (AvgIpc) is 2.77. The van der Waals surface area contributed by atoms with Crippen molar-refractivity contribution in [2.24, 2.45) is 15.1 Å². The monoisotopic (exact) mass is 576 g/mol. The minimum Gasteiger partial charge on any atom is -0.492 e. The van der Waals surface area contributed by atoms with E-state index >= 15 is 0 Å². The van der Waals surface area contributed by atoms with Crippen LogP contribution in [-0.4, -0.2) is 46.4 Å². The summed E-state index contributed by atoms with van der Waals surface area (Å²) in [5.41, 5.74) is 5.59. The number of non-ortho nitro benzene ring substituents is 1. The molecule has 0 saturated heterocycles. The zero-order chi connectivity index (χ0) is 25.7. The number of rotatable bonds is 13. The van der Waals surface area contributed by atoms with Gasteiger partial charge in [0.15, 0.2) is 5.29 Å². The Morgan fingerprint density at radius 1 is 1.41 bits per heavy atom. The second kappa shape index (κ2) is 14.4. The van der Waals surface area contributed by atoms with Crippen molar-refractivity contribution in [3.63, 3.8) is 0 Å². The molecule has 0 spiro atoms. The molecule has 0 bridgehead atoms. The Bertz CT molecular complexity index is 1110. The van der Waals surface area contributed by atoms with Crippen molar-refractivity contribution in [1.29, 1.82) is 0 Å². The molecule has 1 rings (SSSR count). The number of unbranched alkanes of at least 4 members (excludes halogenated alkanes) is 1. The molecule has 1 unspecified atom stereocenters. The number of ether oxygens (including phenoxy) is 1. The van der Waals surface area contributed by atoms with Crippen LogP contribution in [0.1, 0.15) is 12.8 Å². The van der Waals surface area contributed by atoms with Gasteiger partial charge in [0.1, 0.15) is 5.75 Å². The Balaban J connectivity index is 2.82. The number of allylic oxidation sites excluding steroid dienone is 1. The Labute approximate surface area is 211 Å². The molecular formula is C20H26BrClN6O5S. The SMILES string of the molecule is C=CCNC(=O)N=S(C)(=O)c1ccc([N+](=O)[O-])cc1OCCCCNC(=C)/C(Br)=C\N=C(N)Cl. The van der Waals surface area contributed by atoms with Crippen molar-refractivity contribution in [2.45, 2.75) is 17.7 Å². The number of halogens is 2. The summed E-state index contributed by atoms with van der Waals surface area (Å²) in [6, 6.07) is 2.85. The molecule has 0 fully saturated rings. The number of nitrogens with one attached hydrogen (secondary N) is 2. The average molecular weight is 578 g/mol. The number of carbonyl (C=O) groups is 1. The minimum atomic E-state index is -3.23. The highest BCUT2D eigenvalue weighted by Gasteiger charge is 2.19. The van der Waals surface area contributed by atoms with E-state index in [1.165, 1.54) is 36.7 Å². The van der Waals surface area contributed by atoms with E-state index < -0.39 is 20.7 Å². The molecule has 4 N–H and O–H groups in total. The van der Waals surface area contributed by atoms with Crippen LogP contribution in [-0.2, 0) is 9.73 Å². The first-order valence-corrected chi connectivity index (χ1v) is 12.9. The molecular weight excluding hydrogens is 552 g/mol. The highest BCUT2D eigenvalue weighted by atomic mass is 79.9. The number of hydrogen-bond donors (Lipinski definition) is 3. The van der Waals surface area contributed by atoms with Gasteiger partial charge in [0.05, 0.1) is 36.7 Å². The van der Waals surface area contributed by atoms with Gasteiger partial charge < -0.3 is 21.1 Å². The third-order valence-corrected chi connectivity index (χ3v) is 6.41. The zero-order valence-electron chi connectivity index (χ0n) is 18.5. The van der Waals surface area contributed by atoms with E-state index in [-0.39, 0.29) is 34.8 Å². The van der Waals surface area contributed by atoms with E-state index in [1.807, 2.05) is 0 Å². The molecule has 1 aromatic carbocycles. The highest BCUT2D eigenvalue weighted by Crippen LogP contribution is 2.30. The van der Waals surface area contributed by atoms with Crippen molar-refractivity contribution in [3.8, 4) is 5.75 Å². The molecule has 14 heteroatoms. The lowest BCUT2D eigenvalue weighted by Gasteiger charge is -2.13. The maximum absolute atomic E-state index is 13.1. The number of benzene rings is 1. The van der Waals surface area contributed by atoms with E-state index in [4.69, 9.17) is 22.1 Å². The molecule has 0 aliphatic carbocycles. The fraction of sp³-hybridized carbons (Fsp3) is 0.300. The molecule has 34 heavy (non-hydrogen) atoms. The van der Waals surface area contributed by atoms with Gasteiger partial charge in [0, 0.05) is 37.3 Å². The summed E-state index contributed by atoms with van der Waals surface area (Å²) in [5.74, 6) is 0.0292. The van der Waals surface area contributed by atoms with Crippen LogP contribution in [0.15, 0.2) is 68.1 Å². The number of urea groups is 1. The standard InChI is InChI=1S/C20H26BrClN6O5S/c1-4-9-25-20(29)27-34(3,32)18-8-7-15(28(30)31)12-17(18)33-11-6-5-10-24-14(2)16(21)13-26-19(22)23/h4,7-8,12-13,24H,1-2,5-6,9-11H2,3H3,(H2,23,26)(H,25,29)/b16-13+. The molecule has 0 radical (unpaired) electrons. The lowest BCUT2D eigenvalue weighted by molar-refractivity contribution is -0.385. The maximum atomic E-state index is 13.1. The first-order valence-electron chi connectivity index (χ1n) is 9.77. The van der Waals surface area contributed by atoms with Crippen molar-refractivity contribution in [1.82, 2.24) is 10.6 Å². The number of carbonyl (C=O) groups excluding carboxylic acids is 1. The Morgan fingerprint density at radius 3 is 2.74 bits per heavy atom. The lowest BCUT2D eigenvalue weighted by Crippen LogP contribution is -2.21. The zero-order valence-corrected chi connectivity index (χ0v) is 21.6. The number of amides is 2. The second-order valence-corrected chi connectivity index (χ2v) is 10.1. The van der Waals surface area contributed by atoms with Gasteiger partial charge in [0.2, 0.25) is 0 Å². The molecule has 0 aromatic heterocycles. The number of aliphatic imine (C=N–C) groups is 1. The molecule has 186 valence electrons. The van der Waals surface area contributed by atoms with Gasteiger partial charge in [-0.05, 0) is 46.4 Å². The van der Waals surface area contributed by atoms with Crippen LogP contribution in [0.25, 0.3) is 0 Å². The molecule has 0 aliphatic heterocycles. The predicted molar refractivity (Wildman–Crippen MR) is 138 cm³/mol. The summed E-state index contributed by atoms with van der Waals surface area (Å²) in [4.78, 5) is 26.3. The number of nitro benzene ring substituents is 1. The lowest BCUT2D eigenvalue weighted by atomic mass is 10.3. The number of nitro groups is 1. The van der Waals surface area contributed by atoms with Gasteiger partial charge in [0.25, 0.3) is 5.69 Å².